The number of carbonyl (C=O) groups excluding carboxylic acids is 1. The Morgan fingerprint density at radius 1 is 0.475 bits per heavy atom. The van der Waals surface area contributed by atoms with E-state index in [9.17, 15) is 71.2 Å². The van der Waals surface area contributed by atoms with Crippen molar-refractivity contribution in [1.29, 1.82) is 0 Å². The predicted octanol–water partition coefficient (Wildman–Crippen LogP) is 3.79. The highest BCUT2D eigenvalue weighted by atomic mass is 16.8. The smallest absolute Gasteiger partial charge is 0.249 e. The number of carbonyl (C=O) groups is 1. The van der Waals surface area contributed by atoms with Crippen molar-refractivity contribution in [3.05, 3.63) is 0 Å². The number of ether oxygens (including phenoxy) is 6. The number of hydrogen-bond acceptors (Lipinski definition) is 20. The molecular formula is C59H113NO20. The molecule has 0 spiro atoms. The lowest BCUT2D eigenvalue weighted by Gasteiger charge is -2.43. The van der Waals surface area contributed by atoms with Crippen molar-refractivity contribution in [3.63, 3.8) is 0 Å². The van der Waals surface area contributed by atoms with Crippen LogP contribution in [0.25, 0.3) is 0 Å². The van der Waals surface area contributed by atoms with Crippen LogP contribution in [-0.4, -0.2) is 215 Å². The summed E-state index contributed by atoms with van der Waals surface area (Å²) in [6.45, 7) is 3.47. The van der Waals surface area contributed by atoms with Crippen molar-refractivity contribution in [3.8, 4) is 0 Å². The summed E-state index contributed by atoms with van der Waals surface area (Å²) in [6.07, 6.45) is 3.44. The fraction of sp³-hybridized carbons (Fsp3) is 0.983. The summed E-state index contributed by atoms with van der Waals surface area (Å²) >= 11 is 0. The molecule has 1 amide bonds. The first-order chi connectivity index (χ1) is 38.5. The van der Waals surface area contributed by atoms with Gasteiger partial charge in [0.25, 0.3) is 0 Å². The molecule has 3 aliphatic rings. The lowest BCUT2D eigenvalue weighted by Crippen LogP contribution is -2.62. The van der Waals surface area contributed by atoms with Crippen LogP contribution in [0.1, 0.15) is 220 Å². The van der Waals surface area contributed by atoms with E-state index in [1.807, 2.05) is 0 Å². The van der Waals surface area contributed by atoms with Gasteiger partial charge in [0.2, 0.25) is 5.91 Å². The molecule has 14 N–H and O–H groups in total. The molecule has 21 heteroatoms. The van der Waals surface area contributed by atoms with Gasteiger partial charge in [0.15, 0.2) is 18.9 Å². The standard InChI is InChI=1S/C59H113NO20/c1-4-5-6-7-8-9-10-11-12-13-14-15-16-17-18-19-20-25-28-31-34-42(65)56(74)60-40(46(68)41(64)33-30-27-24-22-21-23-26-29-32-39(2)3)38-75-57-51(73)54(47(69)45(37-63)76-57)79-59-55(50(72)53(78-59)44(67)36-62)80-58-49(71)48(70)52(77-58)43(66)35-61/h39-55,57-59,61-73H,4-38H2,1-3H3,(H,60,74)/t40-,41+,42+,43-,44-,45+,46-,47-,48+,49+,50-,51+,52-,53-,54-,55+,57-,58+,59-/m0/s1. The number of amides is 1. The maximum atomic E-state index is 13.5. The third-order valence-electron chi connectivity index (χ3n) is 16.3. The van der Waals surface area contributed by atoms with Crippen LogP contribution in [0.2, 0.25) is 0 Å². The quantitative estimate of drug-likeness (QED) is 0.0385. The van der Waals surface area contributed by atoms with Crippen molar-refractivity contribution in [2.24, 2.45) is 5.92 Å². The predicted molar refractivity (Wildman–Crippen MR) is 299 cm³/mol. The Morgan fingerprint density at radius 2 is 0.900 bits per heavy atom. The van der Waals surface area contributed by atoms with Crippen molar-refractivity contribution < 1.29 is 99.6 Å². The molecule has 3 heterocycles. The van der Waals surface area contributed by atoms with Crippen LogP contribution in [0.3, 0.4) is 0 Å². The van der Waals surface area contributed by atoms with Gasteiger partial charge in [-0.25, -0.2) is 0 Å². The van der Waals surface area contributed by atoms with E-state index in [0.717, 1.165) is 51.4 Å². The van der Waals surface area contributed by atoms with Gasteiger partial charge in [-0.05, 0) is 18.8 Å². The highest BCUT2D eigenvalue weighted by molar-refractivity contribution is 5.80. The van der Waals surface area contributed by atoms with Crippen LogP contribution in [0, 0.1) is 5.92 Å². The molecule has 3 rings (SSSR count). The first kappa shape index (κ1) is 73.0. The Morgan fingerprint density at radius 3 is 1.36 bits per heavy atom. The maximum Gasteiger partial charge on any atom is 0.249 e. The van der Waals surface area contributed by atoms with Crippen LogP contribution in [-0.2, 0) is 33.2 Å². The zero-order chi connectivity index (χ0) is 58.8. The Balaban J connectivity index is 1.58. The first-order valence-electron chi connectivity index (χ1n) is 31.3. The summed E-state index contributed by atoms with van der Waals surface area (Å²) in [5.74, 6) is -0.117. The second-order valence-electron chi connectivity index (χ2n) is 23.6. The van der Waals surface area contributed by atoms with Gasteiger partial charge in [-0.15, -0.1) is 0 Å². The third-order valence-corrected chi connectivity index (χ3v) is 16.3. The minimum atomic E-state index is -1.96. The Bertz CT molecular complexity index is 1530. The van der Waals surface area contributed by atoms with Crippen LogP contribution >= 0.6 is 0 Å². The summed E-state index contributed by atoms with van der Waals surface area (Å²) in [5, 5.41) is 142. The van der Waals surface area contributed by atoms with E-state index in [1.165, 1.54) is 122 Å². The second kappa shape index (κ2) is 42.5. The topological polar surface area (TPSA) is 347 Å². The number of aliphatic hydroxyl groups excluding tert-OH is 13. The van der Waals surface area contributed by atoms with Crippen LogP contribution in [0.4, 0.5) is 0 Å². The van der Waals surface area contributed by atoms with Gasteiger partial charge in [-0.1, -0.05) is 207 Å². The highest BCUT2D eigenvalue weighted by Crippen LogP contribution is 2.36. The zero-order valence-corrected chi connectivity index (χ0v) is 49.0. The maximum absolute atomic E-state index is 13.5. The molecule has 0 aromatic carbocycles. The molecule has 0 aliphatic carbocycles. The molecule has 19 atom stereocenters. The van der Waals surface area contributed by atoms with Gasteiger partial charge < -0.3 is 100 Å². The van der Waals surface area contributed by atoms with E-state index in [0.29, 0.717) is 18.8 Å². The molecule has 80 heavy (non-hydrogen) atoms. The zero-order valence-electron chi connectivity index (χ0n) is 49.0. The summed E-state index contributed by atoms with van der Waals surface area (Å²) in [4.78, 5) is 13.5. The molecule has 0 saturated carbocycles. The molecule has 474 valence electrons. The van der Waals surface area contributed by atoms with Gasteiger partial charge in [-0.3, -0.25) is 4.79 Å². The summed E-state index contributed by atoms with van der Waals surface area (Å²) in [7, 11) is 0. The van der Waals surface area contributed by atoms with Crippen molar-refractivity contribution in [2.45, 2.75) is 336 Å². The summed E-state index contributed by atoms with van der Waals surface area (Å²) in [6, 6.07) is -1.37. The van der Waals surface area contributed by atoms with E-state index in [-0.39, 0.29) is 12.8 Å². The van der Waals surface area contributed by atoms with E-state index in [2.05, 4.69) is 26.1 Å². The normalized spacial score (nSPS) is 29.5. The monoisotopic (exact) mass is 1160 g/mol. The molecular weight excluding hydrogens is 1040 g/mol. The highest BCUT2D eigenvalue weighted by Gasteiger charge is 2.56. The SMILES string of the molecule is CCCCCCCCCCCCCCCCCCCCCC[C@@H](O)C(=O)N[C@@H](CO[C@H]1O[C@H](CO)[C@H](O)[C@H](O[C@@H]2O[C@@H]([C@@H](O)CO)[C@H](O)[C@H]2O[C@H]2O[C@@H]([C@@H](O)CO)[C@H](O)[C@H]2O)[C@H]1O)[C@H](O)[C@H](O)CCCCCCCCCCC(C)C. The second-order valence-corrected chi connectivity index (χ2v) is 23.6. The van der Waals surface area contributed by atoms with E-state index < -0.39 is 149 Å². The number of rotatable bonds is 48. The van der Waals surface area contributed by atoms with Crippen LogP contribution in [0.15, 0.2) is 0 Å². The molecule has 0 aromatic rings. The summed E-state index contributed by atoms with van der Waals surface area (Å²) < 4.78 is 34.5. The molecule has 3 saturated heterocycles. The largest absolute Gasteiger partial charge is 0.394 e. The molecule has 3 fully saturated rings. The number of unbranched alkanes of at least 4 members (excludes halogenated alkanes) is 26. The Labute approximate surface area is 478 Å². The lowest BCUT2D eigenvalue weighted by atomic mass is 9.98. The molecule has 0 aromatic heterocycles. The minimum absolute atomic E-state index is 0.157. The van der Waals surface area contributed by atoms with Gasteiger partial charge in [0.05, 0.1) is 38.6 Å². The molecule has 0 unspecified atom stereocenters. The molecule has 3 aliphatic heterocycles. The van der Waals surface area contributed by atoms with Crippen LogP contribution < -0.4 is 5.32 Å². The van der Waals surface area contributed by atoms with Gasteiger partial charge in [-0.2, -0.15) is 0 Å². The molecule has 21 nitrogen and oxygen atoms in total. The Kier molecular flexibility index (Phi) is 38.8. The van der Waals surface area contributed by atoms with E-state index in [4.69, 9.17) is 28.4 Å². The van der Waals surface area contributed by atoms with Gasteiger partial charge in [0.1, 0.15) is 85.5 Å². The fourth-order valence-electron chi connectivity index (χ4n) is 11.0. The molecule has 0 radical (unpaired) electrons. The summed E-state index contributed by atoms with van der Waals surface area (Å²) in [5.41, 5.74) is 0. The lowest BCUT2D eigenvalue weighted by molar-refractivity contribution is -0.338. The van der Waals surface area contributed by atoms with E-state index in [1.54, 1.807) is 0 Å². The number of aliphatic hydroxyl groups is 13. The number of nitrogens with one attached hydrogen (secondary N) is 1. The fourth-order valence-corrected chi connectivity index (χ4v) is 11.0. The van der Waals surface area contributed by atoms with Gasteiger partial charge in [0, 0.05) is 0 Å². The van der Waals surface area contributed by atoms with Crippen molar-refractivity contribution in [1.82, 2.24) is 5.32 Å². The molecule has 0 bridgehead atoms. The average molecular weight is 1160 g/mol. The van der Waals surface area contributed by atoms with Crippen molar-refractivity contribution >= 4 is 5.91 Å². The third kappa shape index (κ3) is 26.5. The number of hydrogen-bond donors (Lipinski definition) is 14. The van der Waals surface area contributed by atoms with Gasteiger partial charge >= 0.3 is 0 Å². The average Bonchev–Trinajstić information content (AvgIpc) is 3.96. The minimum Gasteiger partial charge on any atom is -0.394 e. The van der Waals surface area contributed by atoms with Crippen molar-refractivity contribution in [2.75, 3.05) is 26.4 Å². The Hall–Kier alpha value is -1.29. The van der Waals surface area contributed by atoms with E-state index >= 15 is 0 Å². The van der Waals surface area contributed by atoms with Crippen LogP contribution in [0.5, 0.6) is 0 Å². The first-order valence-corrected chi connectivity index (χ1v) is 31.3.